The third-order valence-electron chi connectivity index (χ3n) is 1.80. The molecular formula is C8H18N4. The predicted molar refractivity (Wildman–Crippen MR) is 50.7 cm³/mol. The van der Waals surface area contributed by atoms with Gasteiger partial charge < -0.3 is 0 Å². The summed E-state index contributed by atoms with van der Waals surface area (Å²) < 4.78 is 0. The molecule has 4 heteroatoms. The van der Waals surface area contributed by atoms with Crippen molar-refractivity contribution in [3.05, 3.63) is 0 Å². The normalized spacial score (nSPS) is 18.8. The molecule has 0 atom stereocenters. The molecule has 0 aliphatic carbocycles. The molecular weight excluding hydrogens is 152 g/mol. The van der Waals surface area contributed by atoms with Gasteiger partial charge in [0.15, 0.2) is 0 Å². The molecule has 0 fully saturated rings. The van der Waals surface area contributed by atoms with Crippen molar-refractivity contribution >= 4 is 5.84 Å². The highest BCUT2D eigenvalue weighted by atomic mass is 15.7. The van der Waals surface area contributed by atoms with Gasteiger partial charge in [0.05, 0.1) is 0 Å². The molecule has 0 aromatic rings. The number of nitrogens with zero attached hydrogens (tertiary/aromatic N) is 2. The van der Waals surface area contributed by atoms with Crippen molar-refractivity contribution in [1.29, 1.82) is 0 Å². The van der Waals surface area contributed by atoms with Crippen LogP contribution in [0.5, 0.6) is 0 Å². The first kappa shape index (κ1) is 9.48. The Hall–Kier alpha value is -0.610. The molecule has 0 aromatic heterocycles. The lowest BCUT2D eigenvalue weighted by molar-refractivity contribution is 0.267. The van der Waals surface area contributed by atoms with E-state index in [1.807, 2.05) is 19.1 Å². The van der Waals surface area contributed by atoms with Crippen molar-refractivity contribution in [2.45, 2.75) is 25.7 Å². The maximum atomic E-state index is 4.41. The summed E-state index contributed by atoms with van der Waals surface area (Å²) in [7, 11) is 3.90. The molecule has 1 aliphatic rings. The lowest BCUT2D eigenvalue weighted by Gasteiger charge is -2.14. The highest BCUT2D eigenvalue weighted by molar-refractivity contribution is 5.81. The monoisotopic (exact) mass is 170 g/mol. The molecule has 0 spiro atoms. The minimum atomic E-state index is 0.970. The fraction of sp³-hybridized carbons (Fsp3) is 0.875. The second-order valence-electron chi connectivity index (χ2n) is 3.27. The van der Waals surface area contributed by atoms with Gasteiger partial charge in [0.25, 0.3) is 0 Å². The van der Waals surface area contributed by atoms with E-state index in [1.54, 1.807) is 0 Å². The molecule has 2 N–H and O–H groups in total. The summed E-state index contributed by atoms with van der Waals surface area (Å²) in [5, 5.41) is 1.87. The van der Waals surface area contributed by atoms with E-state index in [0.29, 0.717) is 0 Å². The van der Waals surface area contributed by atoms with Crippen molar-refractivity contribution in [2.75, 3.05) is 20.6 Å². The van der Waals surface area contributed by atoms with Gasteiger partial charge in [-0.05, 0) is 12.8 Å². The molecule has 0 amide bonds. The Balaban J connectivity index is 2.24. The van der Waals surface area contributed by atoms with Gasteiger partial charge >= 0.3 is 0 Å². The molecule has 0 saturated heterocycles. The lowest BCUT2D eigenvalue weighted by atomic mass is 10.2. The number of hydrogen-bond acceptors (Lipinski definition) is 4. The van der Waals surface area contributed by atoms with E-state index >= 15 is 0 Å². The highest BCUT2D eigenvalue weighted by Gasteiger charge is 2.02. The van der Waals surface area contributed by atoms with Crippen LogP contribution in [0.15, 0.2) is 4.99 Å². The van der Waals surface area contributed by atoms with Gasteiger partial charge in [0.2, 0.25) is 0 Å². The molecule has 70 valence electrons. The van der Waals surface area contributed by atoms with E-state index in [9.17, 15) is 0 Å². The lowest BCUT2D eigenvalue weighted by Crippen LogP contribution is -2.45. The maximum Gasteiger partial charge on any atom is 0.112 e. The first-order valence-electron chi connectivity index (χ1n) is 4.51. The third-order valence-corrected chi connectivity index (χ3v) is 1.80. The minimum Gasteiger partial charge on any atom is -0.296 e. The van der Waals surface area contributed by atoms with E-state index in [-0.39, 0.29) is 0 Å². The third kappa shape index (κ3) is 3.69. The van der Waals surface area contributed by atoms with Crippen molar-refractivity contribution in [1.82, 2.24) is 16.0 Å². The average Bonchev–Trinajstić information content (AvgIpc) is 2.28. The van der Waals surface area contributed by atoms with Crippen LogP contribution in [0.3, 0.4) is 0 Å². The Labute approximate surface area is 74.0 Å². The van der Waals surface area contributed by atoms with Gasteiger partial charge in [-0.15, -0.1) is 0 Å². The first-order valence-corrected chi connectivity index (χ1v) is 4.51. The Bertz CT molecular complexity index is 153. The van der Waals surface area contributed by atoms with Gasteiger partial charge in [-0.25, -0.2) is 5.01 Å². The van der Waals surface area contributed by atoms with Crippen LogP contribution in [0, 0.1) is 0 Å². The van der Waals surface area contributed by atoms with Crippen LogP contribution in [0.25, 0.3) is 0 Å². The van der Waals surface area contributed by atoms with Crippen molar-refractivity contribution < 1.29 is 0 Å². The number of hydrogen-bond donors (Lipinski definition) is 2. The van der Waals surface area contributed by atoms with E-state index in [2.05, 4.69) is 16.0 Å². The quantitative estimate of drug-likeness (QED) is 0.594. The molecule has 0 unspecified atom stereocenters. The summed E-state index contributed by atoms with van der Waals surface area (Å²) >= 11 is 0. The molecule has 4 nitrogen and oxygen atoms in total. The molecule has 0 radical (unpaired) electrons. The summed E-state index contributed by atoms with van der Waals surface area (Å²) in [4.78, 5) is 4.41. The van der Waals surface area contributed by atoms with Crippen molar-refractivity contribution in [3.8, 4) is 0 Å². The zero-order chi connectivity index (χ0) is 8.81. The topological polar surface area (TPSA) is 39.7 Å². The molecule has 0 bridgehead atoms. The zero-order valence-corrected chi connectivity index (χ0v) is 7.93. The summed E-state index contributed by atoms with van der Waals surface area (Å²) in [6, 6.07) is 0. The number of nitrogens with one attached hydrogen (secondary N) is 2. The second kappa shape index (κ2) is 5.11. The summed E-state index contributed by atoms with van der Waals surface area (Å²) in [6.07, 6.45) is 4.85. The Morgan fingerprint density at radius 1 is 1.25 bits per heavy atom. The molecule has 1 heterocycles. The van der Waals surface area contributed by atoms with Gasteiger partial charge in [-0.3, -0.25) is 10.4 Å². The summed E-state index contributed by atoms with van der Waals surface area (Å²) in [5.74, 6) is 1.08. The van der Waals surface area contributed by atoms with Crippen LogP contribution in [0.4, 0.5) is 0 Å². The smallest absolute Gasteiger partial charge is 0.112 e. The van der Waals surface area contributed by atoms with Crippen LogP contribution >= 0.6 is 0 Å². The summed E-state index contributed by atoms with van der Waals surface area (Å²) in [5.41, 5.74) is 6.08. The van der Waals surface area contributed by atoms with Crippen LogP contribution in [-0.2, 0) is 0 Å². The zero-order valence-electron chi connectivity index (χ0n) is 7.93. The SMILES string of the molecule is CN(C)NNC1=NCCCCC1. The number of hydrazine groups is 2. The average molecular weight is 170 g/mol. The molecule has 12 heavy (non-hydrogen) atoms. The Kier molecular flexibility index (Phi) is 4.04. The van der Waals surface area contributed by atoms with Gasteiger partial charge in [0.1, 0.15) is 5.84 Å². The Morgan fingerprint density at radius 3 is 2.83 bits per heavy atom. The minimum absolute atomic E-state index is 0.970. The fourth-order valence-electron chi connectivity index (χ4n) is 1.15. The van der Waals surface area contributed by atoms with E-state index < -0.39 is 0 Å². The van der Waals surface area contributed by atoms with Gasteiger partial charge in [-0.1, -0.05) is 6.42 Å². The maximum absolute atomic E-state index is 4.41. The standard InChI is InChI=1S/C8H18N4/c1-12(2)11-10-8-6-4-3-5-7-9-8/h11H,3-7H2,1-2H3,(H,9,10). The van der Waals surface area contributed by atoms with Crippen molar-refractivity contribution in [2.24, 2.45) is 4.99 Å². The second-order valence-corrected chi connectivity index (χ2v) is 3.27. The number of amidine groups is 1. The fourth-order valence-corrected chi connectivity index (χ4v) is 1.15. The van der Waals surface area contributed by atoms with E-state index in [1.165, 1.54) is 19.3 Å². The van der Waals surface area contributed by atoms with Crippen LogP contribution in [0.1, 0.15) is 25.7 Å². The molecule has 1 rings (SSSR count). The van der Waals surface area contributed by atoms with Crippen LogP contribution < -0.4 is 11.0 Å². The van der Waals surface area contributed by atoms with Crippen LogP contribution in [-0.4, -0.2) is 31.5 Å². The molecule has 0 aromatic carbocycles. The van der Waals surface area contributed by atoms with E-state index in [4.69, 9.17) is 0 Å². The first-order chi connectivity index (χ1) is 5.79. The number of rotatable bonds is 2. The summed E-state index contributed by atoms with van der Waals surface area (Å²) in [6.45, 7) is 0.970. The van der Waals surface area contributed by atoms with Crippen LogP contribution in [0.2, 0.25) is 0 Å². The largest absolute Gasteiger partial charge is 0.296 e. The number of aliphatic imine (C=N–C) groups is 1. The van der Waals surface area contributed by atoms with Gasteiger partial charge in [-0.2, -0.15) is 5.53 Å². The molecule has 0 saturated carbocycles. The van der Waals surface area contributed by atoms with Gasteiger partial charge in [0, 0.05) is 27.1 Å². The molecule has 1 aliphatic heterocycles. The highest BCUT2D eigenvalue weighted by Crippen LogP contribution is 2.05. The van der Waals surface area contributed by atoms with Crippen molar-refractivity contribution in [3.63, 3.8) is 0 Å². The predicted octanol–water partition coefficient (Wildman–Crippen LogP) is 0.530. The Morgan fingerprint density at radius 2 is 2.08 bits per heavy atom. The van der Waals surface area contributed by atoms with E-state index in [0.717, 1.165) is 18.8 Å².